The van der Waals surface area contributed by atoms with Crippen molar-refractivity contribution in [3.8, 4) is 5.88 Å². The van der Waals surface area contributed by atoms with E-state index < -0.39 is 37.6 Å². The van der Waals surface area contributed by atoms with Gasteiger partial charge in [0.1, 0.15) is 24.3 Å². The molecule has 2 aliphatic rings. The number of benzene rings is 1. The first-order valence-corrected chi connectivity index (χ1v) is 12.7. The first-order chi connectivity index (χ1) is 14.7. The number of aliphatic hydroxyl groups is 1. The van der Waals surface area contributed by atoms with Gasteiger partial charge in [-0.15, -0.1) is 0 Å². The summed E-state index contributed by atoms with van der Waals surface area (Å²) in [7, 11) is -3.48. The SMILES string of the molecule is Nc1nc([O-])c2nc(Sc3ccc(Cl)cc3)n([C@@H]3O[C@@H]4CO[P+](O)([S-])O[C@H]4[C@H]3O)c2n1.[Na+]. The number of aliphatic hydroxyl groups excluding tert-OH is 1. The Morgan fingerprint density at radius 1 is 1.28 bits per heavy atom. The van der Waals surface area contributed by atoms with Crippen molar-refractivity contribution in [1.82, 2.24) is 19.5 Å². The van der Waals surface area contributed by atoms with Gasteiger partial charge in [-0.2, -0.15) is 14.0 Å². The fourth-order valence-corrected chi connectivity index (χ4v) is 5.88. The summed E-state index contributed by atoms with van der Waals surface area (Å²) >= 11 is 12.0. The van der Waals surface area contributed by atoms with Gasteiger partial charge in [0.05, 0.1) is 0 Å². The van der Waals surface area contributed by atoms with Crippen molar-refractivity contribution >= 4 is 59.9 Å². The van der Waals surface area contributed by atoms with Crippen LogP contribution in [0.2, 0.25) is 5.02 Å². The molecule has 2 fully saturated rings. The summed E-state index contributed by atoms with van der Waals surface area (Å²) in [4.78, 5) is 22.9. The maximum atomic E-state index is 12.4. The van der Waals surface area contributed by atoms with Crippen LogP contribution in [0.4, 0.5) is 5.95 Å². The summed E-state index contributed by atoms with van der Waals surface area (Å²) in [5.41, 5.74) is 5.75. The predicted molar refractivity (Wildman–Crippen MR) is 112 cm³/mol. The van der Waals surface area contributed by atoms with E-state index in [4.69, 9.17) is 43.4 Å². The Kier molecular flexibility index (Phi) is 7.20. The van der Waals surface area contributed by atoms with E-state index in [0.29, 0.717) is 10.2 Å². The van der Waals surface area contributed by atoms with Crippen LogP contribution in [-0.4, -0.2) is 54.4 Å². The average molecular weight is 526 g/mol. The van der Waals surface area contributed by atoms with Crippen LogP contribution >= 0.6 is 30.5 Å². The zero-order valence-electron chi connectivity index (χ0n) is 16.4. The van der Waals surface area contributed by atoms with E-state index >= 15 is 0 Å². The minimum atomic E-state index is -3.48. The summed E-state index contributed by atoms with van der Waals surface area (Å²) in [6.45, 7) is -0.0533. The molecule has 3 aromatic rings. The molecule has 32 heavy (non-hydrogen) atoms. The molecule has 2 aliphatic heterocycles. The van der Waals surface area contributed by atoms with Crippen LogP contribution in [0.5, 0.6) is 5.88 Å². The second-order valence-corrected chi connectivity index (χ2v) is 11.0. The molecule has 0 spiro atoms. The van der Waals surface area contributed by atoms with Crippen molar-refractivity contribution < 1.29 is 58.4 Å². The fourth-order valence-electron chi connectivity index (χ4n) is 3.40. The van der Waals surface area contributed by atoms with Gasteiger partial charge < -0.3 is 32.9 Å². The number of nitrogens with two attached hydrogens (primary N) is 1. The van der Waals surface area contributed by atoms with Crippen LogP contribution < -0.4 is 40.4 Å². The smallest absolute Gasteiger partial charge is 0.857 e. The van der Waals surface area contributed by atoms with Gasteiger partial charge in [-0.1, -0.05) is 23.4 Å². The molecule has 0 bridgehead atoms. The molecule has 0 aliphatic carbocycles. The van der Waals surface area contributed by atoms with E-state index in [1.165, 1.54) is 16.3 Å². The summed E-state index contributed by atoms with van der Waals surface area (Å²) in [6, 6.07) is 6.98. The Labute approximate surface area is 218 Å². The molecule has 2 aromatic heterocycles. The first kappa shape index (κ1) is 24.7. The van der Waals surface area contributed by atoms with Crippen molar-refractivity contribution in [2.75, 3.05) is 12.3 Å². The Bertz CT molecular complexity index is 1160. The zero-order chi connectivity index (χ0) is 21.9. The average Bonchev–Trinajstić information content (AvgIpc) is 3.20. The molecule has 4 heterocycles. The molecule has 4 N–H and O–H groups in total. The maximum absolute atomic E-state index is 12.4. The number of imidazole rings is 1. The molecule has 5 rings (SSSR count). The van der Waals surface area contributed by atoms with Crippen LogP contribution in [0.1, 0.15) is 6.23 Å². The van der Waals surface area contributed by atoms with Crippen molar-refractivity contribution in [1.29, 1.82) is 0 Å². The van der Waals surface area contributed by atoms with Gasteiger partial charge in [-0.3, -0.25) is 4.57 Å². The van der Waals surface area contributed by atoms with Gasteiger partial charge in [0.25, 0.3) is 7.15 Å². The van der Waals surface area contributed by atoms with Crippen molar-refractivity contribution in [2.24, 2.45) is 0 Å². The molecule has 0 saturated carbocycles. The van der Waals surface area contributed by atoms with Crippen LogP contribution in [0.15, 0.2) is 34.3 Å². The number of rotatable bonds is 3. The van der Waals surface area contributed by atoms with E-state index in [-0.39, 0.29) is 53.3 Å². The maximum Gasteiger partial charge on any atom is 1.00 e. The van der Waals surface area contributed by atoms with Crippen LogP contribution in [0.3, 0.4) is 0 Å². The number of nitrogen functional groups attached to an aromatic ring is 1. The van der Waals surface area contributed by atoms with Gasteiger partial charge in [-0.25, -0.2) is 14.9 Å². The number of hydrogen-bond acceptors (Lipinski definition) is 12. The van der Waals surface area contributed by atoms with Crippen LogP contribution in [-0.2, 0) is 26.0 Å². The van der Waals surface area contributed by atoms with E-state index in [0.717, 1.165) is 4.90 Å². The Morgan fingerprint density at radius 2 is 2.00 bits per heavy atom. The molecule has 1 aromatic carbocycles. The standard InChI is InChI=1S/C16H15ClN5O6PS2.Na/c17-6-1-3-7(4-2-6)31-16-19-9-12(20-15(18)21-13(9)24)22(16)14-10(23)11-8(27-14)5-26-29(25,30)28-11;/h1-4,8,10-11,14,23H,5H2,(H,25,30)(H3,18,20,21,24);/q;+1/p-1/t8-,10-,11-,14-,29?;/m1./s1. The van der Waals surface area contributed by atoms with Crippen molar-refractivity contribution in [3.63, 3.8) is 0 Å². The molecular weight excluding hydrogens is 512 g/mol. The third-order valence-electron chi connectivity index (χ3n) is 4.74. The monoisotopic (exact) mass is 525 g/mol. The van der Waals surface area contributed by atoms with E-state index in [2.05, 4.69) is 15.0 Å². The summed E-state index contributed by atoms with van der Waals surface area (Å²) in [5, 5.41) is 24.2. The second kappa shape index (κ2) is 9.33. The fraction of sp³-hybridized carbons (Fsp3) is 0.312. The van der Waals surface area contributed by atoms with Crippen LogP contribution in [0.25, 0.3) is 11.2 Å². The molecule has 0 radical (unpaired) electrons. The minimum Gasteiger partial charge on any atom is -0.857 e. The quantitative estimate of drug-likeness (QED) is 0.200. The summed E-state index contributed by atoms with van der Waals surface area (Å²) < 4.78 is 17.9. The third-order valence-corrected chi connectivity index (χ3v) is 7.53. The number of ether oxygens (including phenoxy) is 1. The van der Waals surface area contributed by atoms with E-state index in [1.54, 1.807) is 24.3 Å². The zero-order valence-corrected chi connectivity index (χ0v) is 21.6. The van der Waals surface area contributed by atoms with Crippen molar-refractivity contribution in [2.45, 2.75) is 34.6 Å². The van der Waals surface area contributed by atoms with E-state index in [1.807, 2.05) is 0 Å². The number of hydrogen-bond donors (Lipinski definition) is 3. The molecule has 11 nitrogen and oxygen atoms in total. The molecule has 5 atom stereocenters. The number of aromatic nitrogens is 4. The molecule has 2 saturated heterocycles. The predicted octanol–water partition coefficient (Wildman–Crippen LogP) is -1.82. The number of halogens is 1. The minimum absolute atomic E-state index is 0. The van der Waals surface area contributed by atoms with Crippen molar-refractivity contribution in [3.05, 3.63) is 29.3 Å². The number of anilines is 1. The molecule has 164 valence electrons. The number of fused-ring (bicyclic) bond motifs is 2. The Morgan fingerprint density at radius 3 is 2.72 bits per heavy atom. The Balaban J connectivity index is 0.00000245. The normalized spacial score (nSPS) is 29.6. The van der Waals surface area contributed by atoms with Gasteiger partial charge >= 0.3 is 29.6 Å². The van der Waals surface area contributed by atoms with Gasteiger partial charge in [0.2, 0.25) is 5.95 Å². The first-order valence-electron chi connectivity index (χ1n) is 8.87. The second-order valence-electron chi connectivity index (χ2n) is 6.77. The molecule has 1 unspecified atom stereocenters. The molecule has 0 amide bonds. The largest absolute Gasteiger partial charge is 1.00 e. The van der Waals surface area contributed by atoms with Gasteiger partial charge in [0, 0.05) is 15.8 Å². The third kappa shape index (κ3) is 4.59. The number of nitrogens with zero attached hydrogens (tertiary/aromatic N) is 4. The van der Waals surface area contributed by atoms with Gasteiger partial charge in [0.15, 0.2) is 23.1 Å². The Hall–Kier alpha value is -0.410. The topological polar surface area (TPSA) is 161 Å². The summed E-state index contributed by atoms with van der Waals surface area (Å²) in [6.07, 6.45) is -3.93. The van der Waals surface area contributed by atoms with E-state index in [9.17, 15) is 15.1 Å². The summed E-state index contributed by atoms with van der Waals surface area (Å²) in [5.74, 6) is -0.897. The van der Waals surface area contributed by atoms with Gasteiger partial charge in [-0.05, 0) is 24.3 Å². The molecule has 16 heteroatoms. The molecular formula is C16H14ClN5NaO6PS2. The van der Waals surface area contributed by atoms with Crippen LogP contribution in [0, 0.1) is 0 Å².